The van der Waals surface area contributed by atoms with Crippen LogP contribution in [-0.4, -0.2) is 27.1 Å². The van der Waals surface area contributed by atoms with Crippen molar-refractivity contribution < 1.29 is 4.74 Å². The normalized spacial score (nSPS) is 11.5. The molecule has 30 heavy (non-hydrogen) atoms. The Labute approximate surface area is 181 Å². The van der Waals surface area contributed by atoms with Crippen molar-refractivity contribution in [1.29, 1.82) is 10.5 Å². The van der Waals surface area contributed by atoms with Crippen molar-refractivity contribution in [3.05, 3.63) is 54.1 Å². The van der Waals surface area contributed by atoms with Gasteiger partial charge in [-0.05, 0) is 50.6 Å². The molecule has 0 aliphatic rings. The molecule has 0 aliphatic heterocycles. The molecule has 6 nitrogen and oxygen atoms in total. The van der Waals surface area contributed by atoms with Gasteiger partial charge in [-0.25, -0.2) is 0 Å². The Balaban J connectivity index is 1.96. The lowest BCUT2D eigenvalue weighted by molar-refractivity contribution is 0.340. The number of nitrogens with zero attached hydrogens (tertiary/aromatic N) is 5. The molecule has 0 amide bonds. The maximum Gasteiger partial charge on any atom is 0.196 e. The third-order valence-corrected chi connectivity index (χ3v) is 5.61. The van der Waals surface area contributed by atoms with Crippen LogP contribution in [0.25, 0.3) is 17.1 Å². The summed E-state index contributed by atoms with van der Waals surface area (Å²) >= 11 is 1.49. The number of nitriles is 2. The lowest BCUT2D eigenvalue weighted by Crippen LogP contribution is -2.04. The summed E-state index contributed by atoms with van der Waals surface area (Å²) in [5, 5.41) is 27.8. The topological polar surface area (TPSA) is 87.5 Å². The van der Waals surface area contributed by atoms with E-state index in [1.165, 1.54) is 11.8 Å². The second kappa shape index (κ2) is 10.5. The smallest absolute Gasteiger partial charge is 0.196 e. The first-order chi connectivity index (χ1) is 14.7. The monoisotopic (exact) mass is 417 g/mol. The summed E-state index contributed by atoms with van der Waals surface area (Å²) in [5.74, 6) is 1.90. The van der Waals surface area contributed by atoms with Crippen molar-refractivity contribution in [1.82, 2.24) is 14.8 Å². The van der Waals surface area contributed by atoms with Gasteiger partial charge < -0.3 is 4.74 Å². The molecule has 2 aromatic carbocycles. The first-order valence-corrected chi connectivity index (χ1v) is 10.8. The molecule has 0 N–H and O–H groups in total. The number of aryl methyl sites for hydroxylation is 1. The van der Waals surface area contributed by atoms with E-state index in [4.69, 9.17) is 10.00 Å². The minimum absolute atomic E-state index is 0.206. The largest absolute Gasteiger partial charge is 0.494 e. The molecule has 0 spiro atoms. The Bertz CT molecular complexity index is 1060. The maximum absolute atomic E-state index is 9.38. The fourth-order valence-corrected chi connectivity index (χ4v) is 4.04. The highest BCUT2D eigenvalue weighted by Crippen LogP contribution is 2.30. The molecular formula is C23H23N5OS. The van der Waals surface area contributed by atoms with Crippen molar-refractivity contribution in [3.63, 3.8) is 0 Å². The average Bonchev–Trinajstić information content (AvgIpc) is 3.19. The van der Waals surface area contributed by atoms with Gasteiger partial charge in [-0.3, -0.25) is 4.57 Å². The van der Waals surface area contributed by atoms with E-state index in [9.17, 15) is 5.26 Å². The van der Waals surface area contributed by atoms with E-state index in [-0.39, 0.29) is 5.92 Å². The van der Waals surface area contributed by atoms with Crippen LogP contribution >= 0.6 is 11.8 Å². The zero-order chi connectivity index (χ0) is 21.3. The third kappa shape index (κ3) is 5.20. The molecule has 0 saturated carbocycles. The van der Waals surface area contributed by atoms with Crippen LogP contribution in [0, 0.1) is 35.5 Å². The molecule has 0 radical (unpaired) electrons. The third-order valence-electron chi connectivity index (χ3n) is 4.52. The lowest BCUT2D eigenvalue weighted by Gasteiger charge is -2.12. The number of hydrogen-bond donors (Lipinski definition) is 0. The van der Waals surface area contributed by atoms with Gasteiger partial charge in [0.25, 0.3) is 0 Å². The predicted octanol–water partition coefficient (Wildman–Crippen LogP) is 5.18. The Hall–Kier alpha value is -3.29. The SMILES string of the molecule is CCOc1ccc(-n2c(SCC(C#N)CCC#N)nnc2-c2cccc(C)c2)cc1. The lowest BCUT2D eigenvalue weighted by atomic mass is 10.1. The van der Waals surface area contributed by atoms with E-state index in [1.54, 1.807) is 0 Å². The second-order valence-corrected chi connectivity index (χ2v) is 7.76. The van der Waals surface area contributed by atoms with Gasteiger partial charge in [0.2, 0.25) is 0 Å². The van der Waals surface area contributed by atoms with Crippen LogP contribution in [0.2, 0.25) is 0 Å². The molecule has 0 bridgehead atoms. The molecule has 0 fully saturated rings. The van der Waals surface area contributed by atoms with Gasteiger partial charge in [-0.1, -0.05) is 35.5 Å². The van der Waals surface area contributed by atoms with Gasteiger partial charge in [0, 0.05) is 23.4 Å². The molecule has 1 aromatic heterocycles. The Morgan fingerprint density at radius 2 is 1.93 bits per heavy atom. The first-order valence-electron chi connectivity index (χ1n) is 9.81. The fourth-order valence-electron chi connectivity index (χ4n) is 3.02. The van der Waals surface area contributed by atoms with Gasteiger partial charge in [-0.2, -0.15) is 10.5 Å². The van der Waals surface area contributed by atoms with Crippen molar-refractivity contribution in [2.24, 2.45) is 5.92 Å². The van der Waals surface area contributed by atoms with Gasteiger partial charge in [-0.15, -0.1) is 10.2 Å². The molecule has 0 aliphatic carbocycles. The van der Waals surface area contributed by atoms with Gasteiger partial charge in [0.15, 0.2) is 11.0 Å². The van der Waals surface area contributed by atoms with Crippen LogP contribution < -0.4 is 4.74 Å². The molecule has 7 heteroatoms. The molecule has 1 atom stereocenters. The minimum Gasteiger partial charge on any atom is -0.494 e. The summed E-state index contributed by atoms with van der Waals surface area (Å²) in [7, 11) is 0. The van der Waals surface area contributed by atoms with Gasteiger partial charge in [0.1, 0.15) is 5.75 Å². The van der Waals surface area contributed by atoms with E-state index >= 15 is 0 Å². The van der Waals surface area contributed by atoms with Crippen LogP contribution in [0.3, 0.4) is 0 Å². The van der Waals surface area contributed by atoms with Gasteiger partial charge in [0.05, 0.1) is 24.7 Å². The van der Waals surface area contributed by atoms with E-state index in [1.807, 2.05) is 60.9 Å². The number of hydrogen-bond acceptors (Lipinski definition) is 6. The van der Waals surface area contributed by atoms with Crippen LogP contribution in [0.4, 0.5) is 0 Å². The summed E-state index contributed by atoms with van der Waals surface area (Å²) in [5.41, 5.74) is 3.04. The van der Waals surface area contributed by atoms with Crippen molar-refractivity contribution in [3.8, 4) is 35.0 Å². The van der Waals surface area contributed by atoms with E-state index in [0.717, 1.165) is 28.4 Å². The zero-order valence-corrected chi connectivity index (χ0v) is 17.9. The van der Waals surface area contributed by atoms with Crippen LogP contribution in [-0.2, 0) is 0 Å². The van der Waals surface area contributed by atoms with Crippen LogP contribution in [0.15, 0.2) is 53.7 Å². The molecule has 0 saturated heterocycles. The second-order valence-electron chi connectivity index (χ2n) is 6.77. The summed E-state index contributed by atoms with van der Waals surface area (Å²) < 4.78 is 7.57. The van der Waals surface area contributed by atoms with Crippen molar-refractivity contribution in [2.75, 3.05) is 12.4 Å². The van der Waals surface area contributed by atoms with E-state index in [0.29, 0.717) is 30.4 Å². The predicted molar refractivity (Wildman–Crippen MR) is 117 cm³/mol. The summed E-state index contributed by atoms with van der Waals surface area (Å²) in [6.07, 6.45) is 0.931. The molecule has 1 heterocycles. The maximum atomic E-state index is 9.38. The standard InChI is InChI=1S/C23H23N5OS/c1-3-29-21-11-9-20(10-12-21)28-22(19-8-4-6-17(2)14-19)26-27-23(28)30-16-18(15-25)7-5-13-24/h4,6,8-12,14,18H,3,5,7,16H2,1-2H3. The average molecular weight is 418 g/mol. The molecule has 3 aromatic rings. The number of benzene rings is 2. The Morgan fingerprint density at radius 1 is 1.13 bits per heavy atom. The minimum atomic E-state index is -0.206. The highest BCUT2D eigenvalue weighted by atomic mass is 32.2. The first kappa shape index (κ1) is 21.4. The molecule has 152 valence electrons. The number of aromatic nitrogens is 3. The van der Waals surface area contributed by atoms with Gasteiger partial charge >= 0.3 is 0 Å². The van der Waals surface area contributed by atoms with Crippen molar-refractivity contribution in [2.45, 2.75) is 31.8 Å². The molecule has 1 unspecified atom stereocenters. The molecule has 3 rings (SSSR count). The summed E-state index contributed by atoms with van der Waals surface area (Å²) in [6.45, 7) is 4.61. The highest BCUT2D eigenvalue weighted by molar-refractivity contribution is 7.99. The summed E-state index contributed by atoms with van der Waals surface area (Å²) in [4.78, 5) is 0. The number of ether oxygens (including phenoxy) is 1. The van der Waals surface area contributed by atoms with Crippen LogP contribution in [0.1, 0.15) is 25.3 Å². The van der Waals surface area contributed by atoms with Crippen molar-refractivity contribution >= 4 is 11.8 Å². The zero-order valence-electron chi connectivity index (χ0n) is 17.1. The quantitative estimate of drug-likeness (QED) is 0.446. The summed E-state index contributed by atoms with van der Waals surface area (Å²) in [6, 6.07) is 20.4. The number of rotatable bonds is 9. The Kier molecular flexibility index (Phi) is 7.48. The van der Waals surface area contributed by atoms with E-state index in [2.05, 4.69) is 28.4 Å². The molecular weight excluding hydrogens is 394 g/mol. The fraction of sp³-hybridized carbons (Fsp3) is 0.304. The highest BCUT2D eigenvalue weighted by Gasteiger charge is 2.18. The van der Waals surface area contributed by atoms with Crippen LogP contribution in [0.5, 0.6) is 5.75 Å². The Morgan fingerprint density at radius 3 is 2.60 bits per heavy atom. The number of thioether (sulfide) groups is 1. The van der Waals surface area contributed by atoms with E-state index < -0.39 is 0 Å².